The van der Waals surface area contributed by atoms with Crippen molar-refractivity contribution in [2.45, 2.75) is 20.3 Å². The lowest BCUT2D eigenvalue weighted by molar-refractivity contribution is 0.0950. The lowest BCUT2D eigenvalue weighted by atomic mass is 10.1. The van der Waals surface area contributed by atoms with Gasteiger partial charge in [0.05, 0.1) is 0 Å². The van der Waals surface area contributed by atoms with Crippen molar-refractivity contribution in [3.05, 3.63) is 56.4 Å². The molecule has 1 aromatic heterocycles. The van der Waals surface area contributed by atoms with Crippen LogP contribution in [0.3, 0.4) is 0 Å². The molecule has 0 saturated carbocycles. The van der Waals surface area contributed by atoms with Gasteiger partial charge in [-0.15, -0.1) is 0 Å². The molecule has 0 unspecified atom stereocenters. The number of hydrogen-bond acceptors (Lipinski definition) is 3. The molecule has 0 aliphatic rings. The molecule has 2 aromatic rings. The molecule has 5 heteroatoms. The summed E-state index contributed by atoms with van der Waals surface area (Å²) in [5, 5.41) is 3.49. The van der Waals surface area contributed by atoms with Crippen molar-refractivity contribution < 1.29 is 9.21 Å². The average molecular weight is 350 g/mol. The van der Waals surface area contributed by atoms with Crippen molar-refractivity contribution in [2.24, 2.45) is 0 Å². The number of fused-ring (bicyclic) bond motifs is 1. The highest BCUT2D eigenvalue weighted by Gasteiger charge is 2.18. The van der Waals surface area contributed by atoms with Gasteiger partial charge in [0.15, 0.2) is 0 Å². The van der Waals surface area contributed by atoms with Crippen LogP contribution in [0.15, 0.2) is 44.0 Å². The Hall–Kier alpha value is -1.88. The smallest absolute Gasteiger partial charge is 0.349 e. The van der Waals surface area contributed by atoms with E-state index in [2.05, 4.69) is 21.2 Å². The van der Waals surface area contributed by atoms with Crippen LogP contribution in [0.25, 0.3) is 11.0 Å². The number of hydrogen-bond donors (Lipinski definition) is 1. The largest absolute Gasteiger partial charge is 0.422 e. The van der Waals surface area contributed by atoms with Crippen LogP contribution in [0.5, 0.6) is 0 Å². The molecular formula is C16H16BrNO3. The Bertz CT molecular complexity index is 762. The van der Waals surface area contributed by atoms with Gasteiger partial charge in [0, 0.05) is 16.4 Å². The van der Waals surface area contributed by atoms with Crippen molar-refractivity contribution in [1.29, 1.82) is 0 Å². The van der Waals surface area contributed by atoms with Crippen molar-refractivity contribution >= 4 is 32.8 Å². The molecule has 1 amide bonds. The number of carbonyl (C=O) groups excluding carboxylic acids is 1. The summed E-state index contributed by atoms with van der Waals surface area (Å²) in [7, 11) is 0. The number of aryl methyl sites for hydroxylation is 1. The predicted octanol–water partition coefficient (Wildman–Crippen LogP) is 3.56. The summed E-state index contributed by atoms with van der Waals surface area (Å²) in [6.07, 6.45) is 4.60. The van der Waals surface area contributed by atoms with Gasteiger partial charge in [-0.2, -0.15) is 0 Å². The Balaban J connectivity index is 2.39. The number of benzene rings is 1. The first-order valence-corrected chi connectivity index (χ1v) is 7.46. The quantitative estimate of drug-likeness (QED) is 0.521. The summed E-state index contributed by atoms with van der Waals surface area (Å²) < 4.78 is 6.09. The molecule has 0 radical (unpaired) electrons. The second kappa shape index (κ2) is 6.72. The maximum Gasteiger partial charge on any atom is 0.349 e. The Kier molecular flexibility index (Phi) is 4.96. The van der Waals surface area contributed by atoms with Crippen LogP contribution in [0.4, 0.5) is 0 Å². The number of rotatable bonds is 4. The van der Waals surface area contributed by atoms with Crippen LogP contribution in [-0.2, 0) is 0 Å². The summed E-state index contributed by atoms with van der Waals surface area (Å²) in [4.78, 5) is 24.2. The molecule has 2 rings (SSSR count). The van der Waals surface area contributed by atoms with Gasteiger partial charge in [-0.05, 0) is 44.0 Å². The molecule has 21 heavy (non-hydrogen) atoms. The third-order valence-electron chi connectivity index (χ3n) is 3.19. The number of nitrogens with one attached hydrogen (secondary N) is 1. The van der Waals surface area contributed by atoms with Crippen molar-refractivity contribution in [3.8, 4) is 0 Å². The number of carbonyl (C=O) groups is 1. The molecule has 0 atom stereocenters. The van der Waals surface area contributed by atoms with Crippen LogP contribution >= 0.6 is 15.9 Å². The molecular weight excluding hydrogens is 334 g/mol. The fourth-order valence-electron chi connectivity index (χ4n) is 2.11. The van der Waals surface area contributed by atoms with E-state index in [1.54, 1.807) is 19.1 Å². The highest BCUT2D eigenvalue weighted by molar-refractivity contribution is 9.10. The van der Waals surface area contributed by atoms with Crippen molar-refractivity contribution in [1.82, 2.24) is 5.32 Å². The van der Waals surface area contributed by atoms with Gasteiger partial charge < -0.3 is 9.73 Å². The zero-order chi connectivity index (χ0) is 15.4. The van der Waals surface area contributed by atoms with E-state index in [1.807, 2.05) is 25.1 Å². The van der Waals surface area contributed by atoms with Gasteiger partial charge in [0.1, 0.15) is 11.1 Å². The molecule has 4 nitrogen and oxygen atoms in total. The fraction of sp³-hybridized carbons (Fsp3) is 0.250. The minimum Gasteiger partial charge on any atom is -0.422 e. The molecule has 0 fully saturated rings. The first kappa shape index (κ1) is 15.5. The third kappa shape index (κ3) is 3.42. The van der Waals surface area contributed by atoms with Crippen LogP contribution in [-0.4, -0.2) is 12.5 Å². The molecule has 0 spiro atoms. The Morgan fingerprint density at radius 3 is 2.90 bits per heavy atom. The highest BCUT2D eigenvalue weighted by atomic mass is 79.9. The Morgan fingerprint density at radius 2 is 2.19 bits per heavy atom. The van der Waals surface area contributed by atoms with E-state index >= 15 is 0 Å². The van der Waals surface area contributed by atoms with Gasteiger partial charge in [-0.1, -0.05) is 28.1 Å². The Morgan fingerprint density at radius 1 is 1.43 bits per heavy atom. The van der Waals surface area contributed by atoms with E-state index in [0.29, 0.717) is 17.7 Å². The minimum atomic E-state index is -0.606. The summed E-state index contributed by atoms with van der Waals surface area (Å²) in [5.41, 5.74) is 0.573. The summed E-state index contributed by atoms with van der Waals surface area (Å²) in [6, 6.07) is 5.34. The fourth-order valence-corrected chi connectivity index (χ4v) is 2.47. The van der Waals surface area contributed by atoms with E-state index < -0.39 is 11.5 Å². The van der Waals surface area contributed by atoms with E-state index in [1.165, 1.54) is 0 Å². The molecule has 1 aromatic carbocycles. The van der Waals surface area contributed by atoms with Gasteiger partial charge in [0.25, 0.3) is 5.91 Å². The number of allylic oxidation sites excluding steroid dienone is 1. The van der Waals surface area contributed by atoms with Crippen LogP contribution in [0.1, 0.15) is 29.3 Å². The predicted molar refractivity (Wildman–Crippen MR) is 86.7 cm³/mol. The molecule has 1 N–H and O–H groups in total. The van der Waals surface area contributed by atoms with Crippen LogP contribution in [0, 0.1) is 6.92 Å². The maximum absolute atomic E-state index is 12.2. The second-order valence-electron chi connectivity index (χ2n) is 4.64. The number of amides is 1. The molecule has 0 aliphatic carbocycles. The SMILES string of the molecule is C/C=C/CCNC(=O)c1c(C)c2cc(Br)ccc2oc1=O. The molecule has 1 heterocycles. The van der Waals surface area contributed by atoms with Crippen molar-refractivity contribution in [3.63, 3.8) is 0 Å². The van der Waals surface area contributed by atoms with Gasteiger partial charge >= 0.3 is 5.63 Å². The standard InChI is InChI=1S/C16H16BrNO3/c1-3-4-5-8-18-15(19)14-10(2)12-9-11(17)6-7-13(12)21-16(14)20/h3-4,6-7,9H,5,8H2,1-2H3,(H,18,19)/b4-3+. The topological polar surface area (TPSA) is 59.3 Å². The monoisotopic (exact) mass is 349 g/mol. The lowest BCUT2D eigenvalue weighted by Crippen LogP contribution is -2.30. The van der Waals surface area contributed by atoms with Gasteiger partial charge in [-0.3, -0.25) is 4.79 Å². The third-order valence-corrected chi connectivity index (χ3v) is 3.68. The summed E-state index contributed by atoms with van der Waals surface area (Å²) in [6.45, 7) is 4.16. The van der Waals surface area contributed by atoms with E-state index in [4.69, 9.17) is 4.42 Å². The van der Waals surface area contributed by atoms with Crippen LogP contribution < -0.4 is 10.9 Å². The molecule has 110 valence electrons. The molecule has 0 saturated heterocycles. The van der Waals surface area contributed by atoms with E-state index in [-0.39, 0.29) is 5.56 Å². The number of halogens is 1. The molecule has 0 bridgehead atoms. The second-order valence-corrected chi connectivity index (χ2v) is 5.56. The van der Waals surface area contributed by atoms with Gasteiger partial charge in [0.2, 0.25) is 0 Å². The van der Waals surface area contributed by atoms with Crippen molar-refractivity contribution in [2.75, 3.05) is 6.54 Å². The minimum absolute atomic E-state index is 0.0704. The van der Waals surface area contributed by atoms with E-state index in [0.717, 1.165) is 16.3 Å². The zero-order valence-corrected chi connectivity index (χ0v) is 13.5. The first-order chi connectivity index (χ1) is 10.0. The lowest BCUT2D eigenvalue weighted by Gasteiger charge is -2.08. The summed E-state index contributed by atoms with van der Waals surface area (Å²) >= 11 is 3.38. The van der Waals surface area contributed by atoms with Gasteiger partial charge in [-0.25, -0.2) is 4.79 Å². The highest BCUT2D eigenvalue weighted by Crippen LogP contribution is 2.23. The maximum atomic E-state index is 12.2. The van der Waals surface area contributed by atoms with E-state index in [9.17, 15) is 9.59 Å². The average Bonchev–Trinajstić information content (AvgIpc) is 2.44. The zero-order valence-electron chi connectivity index (χ0n) is 11.9. The normalized spacial score (nSPS) is 11.2. The molecule has 0 aliphatic heterocycles. The first-order valence-electron chi connectivity index (χ1n) is 6.67. The Labute approximate surface area is 131 Å². The summed E-state index contributed by atoms with van der Waals surface area (Å²) in [5.74, 6) is -0.396. The van der Waals surface area contributed by atoms with Crippen LogP contribution in [0.2, 0.25) is 0 Å².